The smallest absolute Gasteiger partial charge is 0.126 e. The minimum Gasteiger partial charge on any atom is -0.308 e. The van der Waals surface area contributed by atoms with Crippen molar-refractivity contribution in [3.63, 3.8) is 0 Å². The summed E-state index contributed by atoms with van der Waals surface area (Å²) in [6.45, 7) is 9.01. The fourth-order valence-electron chi connectivity index (χ4n) is 1.55. The average molecular weight is 253 g/mol. The highest BCUT2D eigenvalue weighted by Gasteiger charge is 2.09. The van der Waals surface area contributed by atoms with Gasteiger partial charge in [-0.05, 0) is 44.9 Å². The zero-order chi connectivity index (χ0) is 13.8. The molecule has 0 unspecified atom stereocenters. The molecule has 0 saturated heterocycles. The third-order valence-electron chi connectivity index (χ3n) is 2.56. The molecule has 1 N–H and O–H groups in total. The summed E-state index contributed by atoms with van der Waals surface area (Å²) in [5, 5.41) is 3.37. The van der Waals surface area contributed by atoms with Crippen molar-refractivity contribution >= 4 is 6.08 Å². The summed E-state index contributed by atoms with van der Waals surface area (Å²) < 4.78 is 26.1. The van der Waals surface area contributed by atoms with Crippen LogP contribution in [-0.2, 0) is 0 Å². The molecule has 100 valence electrons. The topological polar surface area (TPSA) is 12.0 Å². The lowest BCUT2D eigenvalue weighted by Gasteiger charge is -2.21. The van der Waals surface area contributed by atoms with Gasteiger partial charge in [0.05, 0.1) is 0 Å². The van der Waals surface area contributed by atoms with Gasteiger partial charge in [-0.25, -0.2) is 8.78 Å². The van der Waals surface area contributed by atoms with E-state index in [-0.39, 0.29) is 5.54 Å². The van der Waals surface area contributed by atoms with Crippen molar-refractivity contribution in [2.24, 2.45) is 0 Å². The third-order valence-corrected chi connectivity index (χ3v) is 2.56. The quantitative estimate of drug-likeness (QED) is 0.850. The summed E-state index contributed by atoms with van der Waals surface area (Å²) in [5.41, 5.74) is 1.72. The summed E-state index contributed by atoms with van der Waals surface area (Å²) in [5.74, 6) is -1.08. The second-order valence-electron chi connectivity index (χ2n) is 5.46. The van der Waals surface area contributed by atoms with E-state index in [1.54, 1.807) is 0 Å². The predicted octanol–water partition coefficient (Wildman–Crippen LogP) is 4.15. The van der Waals surface area contributed by atoms with E-state index in [4.69, 9.17) is 0 Å². The first kappa shape index (κ1) is 14.8. The molecule has 18 heavy (non-hydrogen) atoms. The van der Waals surface area contributed by atoms with Crippen LogP contribution in [0.25, 0.3) is 6.08 Å². The molecule has 0 radical (unpaired) electrons. The third kappa shape index (κ3) is 5.41. The van der Waals surface area contributed by atoms with E-state index in [0.29, 0.717) is 5.56 Å². The van der Waals surface area contributed by atoms with E-state index in [0.717, 1.165) is 24.6 Å². The second kappa shape index (κ2) is 6.10. The summed E-state index contributed by atoms with van der Waals surface area (Å²) in [4.78, 5) is 0. The van der Waals surface area contributed by atoms with Crippen LogP contribution >= 0.6 is 0 Å². The van der Waals surface area contributed by atoms with Gasteiger partial charge in [0, 0.05) is 18.2 Å². The van der Waals surface area contributed by atoms with E-state index >= 15 is 0 Å². The van der Waals surface area contributed by atoms with Crippen LogP contribution in [0.15, 0.2) is 23.8 Å². The maximum atomic E-state index is 13.1. The Morgan fingerprint density at radius 3 is 2.17 bits per heavy atom. The van der Waals surface area contributed by atoms with Crippen molar-refractivity contribution in [1.29, 1.82) is 0 Å². The van der Waals surface area contributed by atoms with Crippen LogP contribution < -0.4 is 5.32 Å². The molecule has 0 aliphatic carbocycles. The van der Waals surface area contributed by atoms with E-state index in [9.17, 15) is 8.78 Å². The largest absolute Gasteiger partial charge is 0.308 e. The van der Waals surface area contributed by atoms with Crippen LogP contribution in [0.1, 0.15) is 39.7 Å². The molecule has 0 heterocycles. The van der Waals surface area contributed by atoms with E-state index in [1.165, 1.54) is 12.1 Å². The van der Waals surface area contributed by atoms with Crippen molar-refractivity contribution < 1.29 is 8.78 Å². The fraction of sp³-hybridized carbons (Fsp3) is 0.467. The first-order valence-corrected chi connectivity index (χ1v) is 6.21. The van der Waals surface area contributed by atoms with Crippen LogP contribution in [-0.4, -0.2) is 12.1 Å². The Labute approximate surface area is 108 Å². The molecule has 0 fully saturated rings. The SMILES string of the molecule is CC/C(=C/c1cc(F)cc(F)c1)CNC(C)(C)C. The van der Waals surface area contributed by atoms with Crippen LogP contribution in [0.3, 0.4) is 0 Å². The van der Waals surface area contributed by atoms with Gasteiger partial charge in [-0.2, -0.15) is 0 Å². The Balaban J connectivity index is 2.83. The average Bonchev–Trinajstić information content (AvgIpc) is 2.21. The first-order valence-electron chi connectivity index (χ1n) is 6.21. The Morgan fingerprint density at radius 2 is 1.72 bits per heavy atom. The van der Waals surface area contributed by atoms with Gasteiger partial charge in [-0.3, -0.25) is 0 Å². The summed E-state index contributed by atoms with van der Waals surface area (Å²) in [7, 11) is 0. The first-order chi connectivity index (χ1) is 8.30. The molecule has 0 atom stereocenters. The molecule has 0 aromatic heterocycles. The predicted molar refractivity (Wildman–Crippen MR) is 72.4 cm³/mol. The number of rotatable bonds is 4. The standard InChI is InChI=1S/C15H21F2N/c1-5-11(10-18-15(2,3)4)6-12-7-13(16)9-14(17)8-12/h6-9,18H,5,10H2,1-4H3/b11-6-. The number of nitrogens with one attached hydrogen (secondary N) is 1. The summed E-state index contributed by atoms with van der Waals surface area (Å²) in [6, 6.07) is 3.57. The van der Waals surface area contributed by atoms with Gasteiger partial charge < -0.3 is 5.32 Å². The van der Waals surface area contributed by atoms with Crippen molar-refractivity contribution in [2.45, 2.75) is 39.7 Å². The number of hydrogen-bond acceptors (Lipinski definition) is 1. The minimum atomic E-state index is -0.541. The van der Waals surface area contributed by atoms with Gasteiger partial charge in [-0.15, -0.1) is 0 Å². The fourth-order valence-corrected chi connectivity index (χ4v) is 1.55. The van der Waals surface area contributed by atoms with E-state index in [2.05, 4.69) is 26.1 Å². The van der Waals surface area contributed by atoms with Gasteiger partial charge in [-0.1, -0.05) is 18.6 Å². The second-order valence-corrected chi connectivity index (χ2v) is 5.46. The zero-order valence-corrected chi connectivity index (χ0v) is 11.5. The summed E-state index contributed by atoms with van der Waals surface area (Å²) >= 11 is 0. The molecule has 1 aromatic rings. The van der Waals surface area contributed by atoms with Gasteiger partial charge >= 0.3 is 0 Å². The molecule has 0 bridgehead atoms. The molecule has 3 heteroatoms. The lowest BCUT2D eigenvalue weighted by Crippen LogP contribution is -2.36. The lowest BCUT2D eigenvalue weighted by atomic mass is 10.1. The van der Waals surface area contributed by atoms with Gasteiger partial charge in [0.2, 0.25) is 0 Å². The molecule has 0 aliphatic heterocycles. The minimum absolute atomic E-state index is 0.0292. The maximum Gasteiger partial charge on any atom is 0.126 e. The molecule has 0 saturated carbocycles. The highest BCUT2D eigenvalue weighted by molar-refractivity contribution is 5.53. The van der Waals surface area contributed by atoms with Crippen molar-refractivity contribution in [3.05, 3.63) is 41.0 Å². The van der Waals surface area contributed by atoms with Gasteiger partial charge in [0.1, 0.15) is 11.6 Å². The normalized spacial score (nSPS) is 12.9. The monoisotopic (exact) mass is 253 g/mol. The van der Waals surface area contributed by atoms with Gasteiger partial charge in [0.15, 0.2) is 0 Å². The number of hydrogen-bond donors (Lipinski definition) is 1. The molecular weight excluding hydrogens is 232 g/mol. The van der Waals surface area contributed by atoms with Crippen molar-refractivity contribution in [3.8, 4) is 0 Å². The van der Waals surface area contributed by atoms with E-state index in [1.807, 2.05) is 13.0 Å². The Hall–Kier alpha value is -1.22. The van der Waals surface area contributed by atoms with Crippen molar-refractivity contribution in [1.82, 2.24) is 5.32 Å². The molecule has 1 aromatic carbocycles. The van der Waals surface area contributed by atoms with Crippen LogP contribution in [0.5, 0.6) is 0 Å². The Kier molecular flexibility index (Phi) is 5.03. The van der Waals surface area contributed by atoms with Crippen LogP contribution in [0, 0.1) is 11.6 Å². The number of halogens is 2. The molecular formula is C15H21F2N. The molecule has 0 aliphatic rings. The van der Waals surface area contributed by atoms with Crippen molar-refractivity contribution in [2.75, 3.05) is 6.54 Å². The molecule has 1 rings (SSSR count). The summed E-state index contributed by atoms with van der Waals surface area (Å²) in [6.07, 6.45) is 2.69. The van der Waals surface area contributed by atoms with Crippen LogP contribution in [0.4, 0.5) is 8.78 Å². The van der Waals surface area contributed by atoms with Crippen LogP contribution in [0.2, 0.25) is 0 Å². The highest BCUT2D eigenvalue weighted by Crippen LogP contribution is 2.14. The lowest BCUT2D eigenvalue weighted by molar-refractivity contribution is 0.443. The molecule has 0 amide bonds. The molecule has 0 spiro atoms. The molecule has 1 nitrogen and oxygen atoms in total. The Morgan fingerprint density at radius 1 is 1.17 bits per heavy atom. The zero-order valence-electron chi connectivity index (χ0n) is 11.5. The Bertz CT molecular complexity index is 410. The highest BCUT2D eigenvalue weighted by atomic mass is 19.1. The van der Waals surface area contributed by atoms with Gasteiger partial charge in [0.25, 0.3) is 0 Å². The van der Waals surface area contributed by atoms with E-state index < -0.39 is 11.6 Å². The number of benzene rings is 1. The maximum absolute atomic E-state index is 13.1.